The van der Waals surface area contributed by atoms with Crippen molar-refractivity contribution in [1.29, 1.82) is 0 Å². The van der Waals surface area contributed by atoms with Gasteiger partial charge in [-0.15, -0.1) is 6.58 Å². The molecule has 0 aliphatic carbocycles. The average molecular weight is 179 g/mol. The number of aliphatic imine (C=N–C) groups is 1. The van der Waals surface area contributed by atoms with Gasteiger partial charge in [-0.25, -0.2) is 0 Å². The van der Waals surface area contributed by atoms with Crippen molar-refractivity contribution in [1.82, 2.24) is 0 Å². The predicted molar refractivity (Wildman–Crippen MR) is 61.4 cm³/mol. The quantitative estimate of drug-likeness (QED) is 0.436. The van der Waals surface area contributed by atoms with Gasteiger partial charge in [-0.05, 0) is 12.5 Å². The fraction of sp³-hybridized carbons (Fsp3) is 0.583. The Morgan fingerprint density at radius 1 is 1.46 bits per heavy atom. The molecule has 0 heterocycles. The van der Waals surface area contributed by atoms with Crippen molar-refractivity contribution >= 4 is 6.21 Å². The standard InChI is InChI=1S/C12H21N/c1-5-7-9-12(3,6-2)10-8-11-13-4/h6,8,10-11H,2,5,7,9H2,1,3-4H3. The second kappa shape index (κ2) is 6.64. The summed E-state index contributed by atoms with van der Waals surface area (Å²) in [5, 5.41) is 0. The van der Waals surface area contributed by atoms with Crippen LogP contribution in [-0.2, 0) is 0 Å². The van der Waals surface area contributed by atoms with Gasteiger partial charge in [0.2, 0.25) is 0 Å². The molecule has 0 aliphatic heterocycles. The van der Waals surface area contributed by atoms with Gasteiger partial charge in [0.15, 0.2) is 0 Å². The van der Waals surface area contributed by atoms with Crippen LogP contribution >= 0.6 is 0 Å². The Labute approximate surface area is 82.3 Å². The number of nitrogens with zero attached hydrogens (tertiary/aromatic N) is 1. The van der Waals surface area contributed by atoms with Crippen molar-refractivity contribution in [3.05, 3.63) is 24.8 Å². The molecular weight excluding hydrogens is 158 g/mol. The number of rotatable bonds is 6. The normalized spacial score (nSPS) is 16.5. The van der Waals surface area contributed by atoms with Gasteiger partial charge in [0.1, 0.15) is 0 Å². The Morgan fingerprint density at radius 3 is 2.62 bits per heavy atom. The van der Waals surface area contributed by atoms with Gasteiger partial charge in [0.25, 0.3) is 0 Å². The van der Waals surface area contributed by atoms with E-state index in [0.29, 0.717) is 0 Å². The van der Waals surface area contributed by atoms with E-state index in [-0.39, 0.29) is 5.41 Å². The molecule has 1 unspecified atom stereocenters. The van der Waals surface area contributed by atoms with Crippen molar-refractivity contribution in [2.75, 3.05) is 7.05 Å². The summed E-state index contributed by atoms with van der Waals surface area (Å²) in [6, 6.07) is 0. The first kappa shape index (κ1) is 12.2. The third kappa shape index (κ3) is 5.40. The predicted octanol–water partition coefficient (Wildman–Crippen LogP) is 3.63. The molecule has 0 spiro atoms. The third-order valence-corrected chi connectivity index (χ3v) is 2.25. The van der Waals surface area contributed by atoms with E-state index in [9.17, 15) is 0 Å². The fourth-order valence-corrected chi connectivity index (χ4v) is 1.16. The molecule has 0 aromatic rings. The van der Waals surface area contributed by atoms with Crippen LogP contribution in [0.15, 0.2) is 29.8 Å². The third-order valence-electron chi connectivity index (χ3n) is 2.25. The van der Waals surface area contributed by atoms with Gasteiger partial charge in [0.05, 0.1) is 0 Å². The summed E-state index contributed by atoms with van der Waals surface area (Å²) >= 11 is 0. The van der Waals surface area contributed by atoms with E-state index in [1.54, 1.807) is 7.05 Å². The van der Waals surface area contributed by atoms with Gasteiger partial charge >= 0.3 is 0 Å². The maximum atomic E-state index is 3.91. The van der Waals surface area contributed by atoms with Crippen LogP contribution in [0.25, 0.3) is 0 Å². The van der Waals surface area contributed by atoms with E-state index in [1.165, 1.54) is 19.3 Å². The molecule has 0 aromatic carbocycles. The minimum Gasteiger partial charge on any atom is -0.297 e. The summed E-state index contributed by atoms with van der Waals surface area (Å²) in [6.07, 6.45) is 11.6. The second-order valence-electron chi connectivity index (χ2n) is 3.58. The number of allylic oxidation sites excluding steroid dienone is 3. The van der Waals surface area contributed by atoms with Gasteiger partial charge < -0.3 is 0 Å². The monoisotopic (exact) mass is 179 g/mol. The maximum Gasteiger partial charge on any atom is 0.0277 e. The lowest BCUT2D eigenvalue weighted by Crippen LogP contribution is -2.08. The van der Waals surface area contributed by atoms with Crippen molar-refractivity contribution in [2.24, 2.45) is 10.4 Å². The smallest absolute Gasteiger partial charge is 0.0277 e. The van der Waals surface area contributed by atoms with E-state index in [2.05, 4.69) is 31.5 Å². The largest absolute Gasteiger partial charge is 0.297 e. The van der Waals surface area contributed by atoms with Gasteiger partial charge in [-0.2, -0.15) is 0 Å². The lowest BCUT2D eigenvalue weighted by Gasteiger charge is -2.20. The summed E-state index contributed by atoms with van der Waals surface area (Å²) in [5.74, 6) is 0. The molecule has 1 atom stereocenters. The minimum absolute atomic E-state index is 0.136. The van der Waals surface area contributed by atoms with Gasteiger partial charge in [0, 0.05) is 18.7 Å². The summed E-state index contributed by atoms with van der Waals surface area (Å²) in [4.78, 5) is 3.91. The van der Waals surface area contributed by atoms with E-state index in [0.717, 1.165) is 0 Å². The molecule has 0 fully saturated rings. The van der Waals surface area contributed by atoms with Crippen LogP contribution in [0.2, 0.25) is 0 Å². The van der Waals surface area contributed by atoms with Crippen LogP contribution in [0.5, 0.6) is 0 Å². The van der Waals surface area contributed by atoms with Crippen LogP contribution in [0.1, 0.15) is 33.1 Å². The minimum atomic E-state index is 0.136. The van der Waals surface area contributed by atoms with Crippen LogP contribution in [0.3, 0.4) is 0 Å². The van der Waals surface area contributed by atoms with E-state index in [4.69, 9.17) is 0 Å². The van der Waals surface area contributed by atoms with E-state index in [1.807, 2.05) is 18.4 Å². The summed E-state index contributed by atoms with van der Waals surface area (Å²) in [5.41, 5.74) is 0.136. The molecule has 0 bridgehead atoms. The summed E-state index contributed by atoms with van der Waals surface area (Å²) in [6.45, 7) is 8.28. The maximum absolute atomic E-state index is 3.91. The Kier molecular flexibility index (Phi) is 6.21. The zero-order valence-corrected chi connectivity index (χ0v) is 9.09. The van der Waals surface area contributed by atoms with Crippen molar-refractivity contribution < 1.29 is 0 Å². The Balaban J connectivity index is 4.17. The summed E-state index contributed by atoms with van der Waals surface area (Å²) in [7, 11) is 1.78. The molecular formula is C12H21N. The van der Waals surface area contributed by atoms with Gasteiger partial charge in [-0.1, -0.05) is 38.8 Å². The molecule has 0 saturated heterocycles. The van der Waals surface area contributed by atoms with Crippen LogP contribution < -0.4 is 0 Å². The topological polar surface area (TPSA) is 12.4 Å². The highest BCUT2D eigenvalue weighted by Crippen LogP contribution is 2.26. The highest BCUT2D eigenvalue weighted by Gasteiger charge is 2.14. The van der Waals surface area contributed by atoms with E-state index >= 15 is 0 Å². The van der Waals surface area contributed by atoms with Crippen molar-refractivity contribution in [3.63, 3.8) is 0 Å². The number of unbranched alkanes of at least 4 members (excludes halogenated alkanes) is 1. The number of hydrogen-bond donors (Lipinski definition) is 0. The first-order valence-corrected chi connectivity index (χ1v) is 4.92. The molecule has 1 nitrogen and oxygen atoms in total. The van der Waals surface area contributed by atoms with Crippen LogP contribution in [-0.4, -0.2) is 13.3 Å². The SMILES string of the molecule is C=CC(C)(C=CC=NC)CCCC. The Morgan fingerprint density at radius 2 is 2.15 bits per heavy atom. The Bertz CT molecular complexity index is 191. The highest BCUT2D eigenvalue weighted by molar-refractivity contribution is 5.71. The first-order chi connectivity index (χ1) is 6.18. The molecule has 0 N–H and O–H groups in total. The molecule has 1 heteroatoms. The zero-order valence-electron chi connectivity index (χ0n) is 9.09. The van der Waals surface area contributed by atoms with E-state index < -0.39 is 0 Å². The fourth-order valence-electron chi connectivity index (χ4n) is 1.16. The molecule has 0 aromatic heterocycles. The number of hydrogen-bond acceptors (Lipinski definition) is 1. The van der Waals surface area contributed by atoms with Crippen molar-refractivity contribution in [2.45, 2.75) is 33.1 Å². The lowest BCUT2D eigenvalue weighted by atomic mass is 9.85. The second-order valence-corrected chi connectivity index (χ2v) is 3.58. The first-order valence-electron chi connectivity index (χ1n) is 4.92. The van der Waals surface area contributed by atoms with Crippen LogP contribution in [0.4, 0.5) is 0 Å². The van der Waals surface area contributed by atoms with Gasteiger partial charge in [-0.3, -0.25) is 4.99 Å². The molecule has 0 radical (unpaired) electrons. The molecule has 13 heavy (non-hydrogen) atoms. The Hall–Kier alpha value is -0.850. The molecule has 0 saturated carbocycles. The lowest BCUT2D eigenvalue weighted by molar-refractivity contribution is 0.476. The average Bonchev–Trinajstić information content (AvgIpc) is 2.15. The molecule has 0 rings (SSSR count). The van der Waals surface area contributed by atoms with Crippen LogP contribution in [0, 0.1) is 5.41 Å². The molecule has 0 amide bonds. The highest BCUT2D eigenvalue weighted by atomic mass is 14.6. The van der Waals surface area contributed by atoms with Crippen molar-refractivity contribution in [3.8, 4) is 0 Å². The molecule has 0 aliphatic rings. The zero-order chi connectivity index (χ0) is 10.2. The summed E-state index contributed by atoms with van der Waals surface area (Å²) < 4.78 is 0. The molecule has 74 valence electrons.